The Morgan fingerprint density at radius 2 is 1.82 bits per heavy atom. The van der Waals surface area contributed by atoms with Crippen molar-refractivity contribution in [3.05, 3.63) is 63.7 Å². The maximum absolute atomic E-state index is 12.2. The molecule has 0 radical (unpaired) electrons. The number of rotatable bonds is 8. The molecule has 0 heterocycles. The van der Waals surface area contributed by atoms with Crippen LogP contribution in [0.25, 0.3) is 0 Å². The van der Waals surface area contributed by atoms with Crippen molar-refractivity contribution in [2.75, 3.05) is 13.2 Å². The smallest absolute Gasteiger partial charge is 0.422 e. The van der Waals surface area contributed by atoms with Gasteiger partial charge in [0.05, 0.1) is 11.5 Å². The molecule has 2 rings (SSSR count). The minimum Gasteiger partial charge on any atom is -0.487 e. The molecule has 0 aliphatic rings. The van der Waals surface area contributed by atoms with E-state index in [4.69, 9.17) is 4.74 Å². The largest absolute Gasteiger partial charge is 0.487 e. The minimum absolute atomic E-state index is 0.0505. The lowest BCUT2D eigenvalue weighted by Gasteiger charge is -2.10. The van der Waals surface area contributed by atoms with Gasteiger partial charge in [0.15, 0.2) is 12.4 Å². The number of nitrogens with one attached hydrogen (secondary N) is 1. The number of amides is 1. The Hall–Kier alpha value is -3.30. The lowest BCUT2D eigenvalue weighted by Crippen LogP contribution is -2.23. The van der Waals surface area contributed by atoms with Gasteiger partial charge in [0, 0.05) is 18.2 Å². The Bertz CT molecular complexity index is 838. The van der Waals surface area contributed by atoms with E-state index in [2.05, 4.69) is 10.1 Å². The molecule has 0 bridgehead atoms. The summed E-state index contributed by atoms with van der Waals surface area (Å²) in [6.45, 7) is 0.623. The molecule has 0 saturated carbocycles. The van der Waals surface area contributed by atoms with Crippen LogP contribution in [0.2, 0.25) is 0 Å². The highest BCUT2D eigenvalue weighted by atomic mass is 19.4. The molecule has 2 aromatic rings. The third kappa shape index (κ3) is 6.15. The zero-order valence-electron chi connectivity index (χ0n) is 14.8. The number of hydrogen-bond donors (Lipinski definition) is 1. The van der Waals surface area contributed by atoms with Gasteiger partial charge in [-0.3, -0.25) is 14.9 Å². The summed E-state index contributed by atoms with van der Waals surface area (Å²) < 4.78 is 46.1. The predicted molar refractivity (Wildman–Crippen MR) is 93.4 cm³/mol. The summed E-state index contributed by atoms with van der Waals surface area (Å²) in [5, 5.41) is 13.7. The van der Waals surface area contributed by atoms with Crippen LogP contribution in [-0.4, -0.2) is 30.2 Å². The molecule has 0 aromatic heterocycles. The Morgan fingerprint density at radius 1 is 1.14 bits per heavy atom. The normalized spacial score (nSPS) is 11.0. The van der Waals surface area contributed by atoms with Crippen molar-refractivity contribution in [1.82, 2.24) is 5.32 Å². The maximum atomic E-state index is 12.2. The molecule has 0 saturated heterocycles. The summed E-state index contributed by atoms with van der Waals surface area (Å²) in [5.74, 6) is -0.420. The molecule has 1 N–H and O–H groups in total. The number of benzene rings is 2. The summed E-state index contributed by atoms with van der Waals surface area (Å²) in [6, 6.07) is 9.60. The first-order valence-corrected chi connectivity index (χ1v) is 8.17. The van der Waals surface area contributed by atoms with Gasteiger partial charge in [-0.15, -0.1) is 0 Å². The Balaban J connectivity index is 1.98. The summed E-state index contributed by atoms with van der Waals surface area (Å²) in [7, 11) is 0. The van der Waals surface area contributed by atoms with Crippen LogP contribution < -0.4 is 14.8 Å². The van der Waals surface area contributed by atoms with Gasteiger partial charge >= 0.3 is 11.9 Å². The van der Waals surface area contributed by atoms with E-state index < -0.39 is 23.6 Å². The fraction of sp³-hybridized carbons (Fsp3) is 0.278. The summed E-state index contributed by atoms with van der Waals surface area (Å²) in [6.07, 6.45) is -4.42. The van der Waals surface area contributed by atoms with Gasteiger partial charge < -0.3 is 14.8 Å². The first kappa shape index (κ1) is 21.0. The fourth-order valence-corrected chi connectivity index (χ4v) is 2.23. The van der Waals surface area contributed by atoms with E-state index in [0.717, 1.165) is 6.07 Å². The van der Waals surface area contributed by atoms with E-state index in [1.807, 2.05) is 0 Å². The number of nitro groups is 1. The number of ether oxygens (including phenoxy) is 2. The molecule has 0 fully saturated rings. The van der Waals surface area contributed by atoms with Crippen LogP contribution in [0.15, 0.2) is 42.5 Å². The summed E-state index contributed by atoms with van der Waals surface area (Å²) >= 11 is 0. The number of nitro benzene ring substituents is 1. The first-order chi connectivity index (χ1) is 13.2. The molecule has 150 valence electrons. The monoisotopic (exact) mass is 398 g/mol. The van der Waals surface area contributed by atoms with Crippen LogP contribution in [0.3, 0.4) is 0 Å². The van der Waals surface area contributed by atoms with Crippen LogP contribution in [0, 0.1) is 10.1 Å². The van der Waals surface area contributed by atoms with Crippen LogP contribution >= 0.6 is 0 Å². The van der Waals surface area contributed by atoms with Crippen molar-refractivity contribution in [3.8, 4) is 11.5 Å². The third-order valence-electron chi connectivity index (χ3n) is 3.50. The van der Waals surface area contributed by atoms with E-state index in [1.165, 1.54) is 36.4 Å². The van der Waals surface area contributed by atoms with Gasteiger partial charge in [-0.05, 0) is 36.8 Å². The Labute approximate surface area is 158 Å². The van der Waals surface area contributed by atoms with Crippen LogP contribution in [0.1, 0.15) is 22.8 Å². The first-order valence-electron chi connectivity index (χ1n) is 8.17. The third-order valence-corrected chi connectivity index (χ3v) is 3.50. The summed E-state index contributed by atoms with van der Waals surface area (Å²) in [4.78, 5) is 22.7. The highest BCUT2D eigenvalue weighted by Crippen LogP contribution is 2.28. The van der Waals surface area contributed by atoms with E-state index in [1.54, 1.807) is 6.92 Å². The molecule has 2 aromatic carbocycles. The summed E-state index contributed by atoms with van der Waals surface area (Å²) in [5.41, 5.74) is 0.383. The minimum atomic E-state index is -4.42. The number of hydrogen-bond acceptors (Lipinski definition) is 5. The Kier molecular flexibility index (Phi) is 6.80. The number of carbonyl (C=O) groups is 1. The second kappa shape index (κ2) is 9.07. The number of carbonyl (C=O) groups excluding carboxylic acids is 1. The zero-order valence-corrected chi connectivity index (χ0v) is 14.8. The van der Waals surface area contributed by atoms with Crippen LogP contribution in [-0.2, 0) is 6.54 Å². The average Bonchev–Trinajstić information content (AvgIpc) is 2.65. The molecule has 1 amide bonds. The lowest BCUT2D eigenvalue weighted by atomic mass is 10.1. The van der Waals surface area contributed by atoms with Crippen molar-refractivity contribution >= 4 is 11.6 Å². The molecule has 0 spiro atoms. The zero-order chi connectivity index (χ0) is 20.7. The molecule has 0 aliphatic heterocycles. The average molecular weight is 398 g/mol. The fourth-order valence-electron chi connectivity index (χ4n) is 2.23. The van der Waals surface area contributed by atoms with Crippen molar-refractivity contribution in [3.63, 3.8) is 0 Å². The quantitative estimate of drug-likeness (QED) is 0.539. The number of halogens is 3. The van der Waals surface area contributed by atoms with Gasteiger partial charge in [0.2, 0.25) is 0 Å². The second-order valence-electron chi connectivity index (χ2n) is 5.60. The van der Waals surface area contributed by atoms with Crippen LogP contribution in [0.5, 0.6) is 11.5 Å². The van der Waals surface area contributed by atoms with E-state index in [9.17, 15) is 28.1 Å². The molecule has 0 unspecified atom stereocenters. The molecular weight excluding hydrogens is 381 g/mol. The Morgan fingerprint density at radius 3 is 2.39 bits per heavy atom. The SMILES string of the molecule is CCOc1ccc(C(=O)NCc2ccc(OCC(F)(F)F)cc2)cc1[N+](=O)[O-]. The molecule has 28 heavy (non-hydrogen) atoms. The number of nitrogens with zero attached hydrogens (tertiary/aromatic N) is 1. The van der Waals surface area contributed by atoms with E-state index in [-0.39, 0.29) is 35.9 Å². The lowest BCUT2D eigenvalue weighted by molar-refractivity contribution is -0.385. The van der Waals surface area contributed by atoms with E-state index in [0.29, 0.717) is 5.56 Å². The van der Waals surface area contributed by atoms with Crippen molar-refractivity contribution in [2.24, 2.45) is 0 Å². The van der Waals surface area contributed by atoms with Gasteiger partial charge in [0.25, 0.3) is 5.91 Å². The highest BCUT2D eigenvalue weighted by molar-refractivity contribution is 5.95. The molecule has 0 atom stereocenters. The standard InChI is InChI=1S/C18H17F3N2O5/c1-2-27-16-8-5-13(9-15(16)23(25)26)17(24)22-10-12-3-6-14(7-4-12)28-11-18(19,20)21/h3-9H,2,10-11H2,1H3,(H,22,24). The van der Waals surface area contributed by atoms with Crippen LogP contribution in [0.4, 0.5) is 18.9 Å². The van der Waals surface area contributed by atoms with E-state index >= 15 is 0 Å². The van der Waals surface area contributed by atoms with Gasteiger partial charge in [0.1, 0.15) is 5.75 Å². The topological polar surface area (TPSA) is 90.7 Å². The van der Waals surface area contributed by atoms with Gasteiger partial charge in [-0.25, -0.2) is 0 Å². The molecular formula is C18H17F3N2O5. The predicted octanol–water partition coefficient (Wildman–Crippen LogP) is 3.86. The molecule has 0 aliphatic carbocycles. The van der Waals surface area contributed by atoms with Crippen molar-refractivity contribution in [2.45, 2.75) is 19.6 Å². The van der Waals surface area contributed by atoms with Gasteiger partial charge in [-0.1, -0.05) is 12.1 Å². The van der Waals surface area contributed by atoms with Crippen molar-refractivity contribution < 1.29 is 32.4 Å². The molecule has 7 nitrogen and oxygen atoms in total. The second-order valence-corrected chi connectivity index (χ2v) is 5.60. The van der Waals surface area contributed by atoms with Gasteiger partial charge in [-0.2, -0.15) is 13.2 Å². The number of alkyl halides is 3. The van der Waals surface area contributed by atoms with Crippen molar-refractivity contribution in [1.29, 1.82) is 0 Å². The highest BCUT2D eigenvalue weighted by Gasteiger charge is 2.28. The molecule has 10 heteroatoms. The maximum Gasteiger partial charge on any atom is 0.422 e.